The van der Waals surface area contributed by atoms with E-state index in [0.717, 1.165) is 31.2 Å². The molecule has 0 heterocycles. The smallest absolute Gasteiger partial charge is 0.119 e. The fourth-order valence-corrected chi connectivity index (χ4v) is 2.25. The monoisotopic (exact) mass is 247 g/mol. The zero-order valence-corrected chi connectivity index (χ0v) is 11.6. The van der Waals surface area contributed by atoms with Gasteiger partial charge in [0.15, 0.2) is 0 Å². The van der Waals surface area contributed by atoms with E-state index in [1.54, 1.807) is 0 Å². The summed E-state index contributed by atoms with van der Waals surface area (Å²) in [6, 6.07) is 9.10. The lowest BCUT2D eigenvalue weighted by Crippen LogP contribution is -2.27. The van der Waals surface area contributed by atoms with Crippen LogP contribution in [0.15, 0.2) is 24.3 Å². The zero-order chi connectivity index (χ0) is 12.8. The molecule has 1 fully saturated rings. The first-order valence-corrected chi connectivity index (χ1v) is 7.23. The van der Waals surface area contributed by atoms with Gasteiger partial charge in [0.25, 0.3) is 0 Å². The molecule has 2 heteroatoms. The van der Waals surface area contributed by atoms with Crippen molar-refractivity contribution in [3.63, 3.8) is 0 Å². The highest BCUT2D eigenvalue weighted by Gasteiger charge is 2.20. The summed E-state index contributed by atoms with van der Waals surface area (Å²) in [5, 5.41) is 3.43. The lowest BCUT2D eigenvalue weighted by Gasteiger charge is -2.12. The van der Waals surface area contributed by atoms with Gasteiger partial charge in [-0.15, -0.1) is 0 Å². The van der Waals surface area contributed by atoms with Crippen molar-refractivity contribution in [2.75, 3.05) is 13.2 Å². The highest BCUT2D eigenvalue weighted by atomic mass is 16.5. The molecule has 18 heavy (non-hydrogen) atoms. The third-order valence-electron chi connectivity index (χ3n) is 3.51. The Morgan fingerprint density at radius 1 is 1.28 bits per heavy atom. The van der Waals surface area contributed by atoms with Crippen LogP contribution >= 0.6 is 0 Å². The molecule has 0 amide bonds. The Morgan fingerprint density at radius 2 is 2.00 bits per heavy atom. The van der Waals surface area contributed by atoms with Crippen LogP contribution in [0.4, 0.5) is 0 Å². The van der Waals surface area contributed by atoms with Gasteiger partial charge in [-0.25, -0.2) is 0 Å². The average Bonchev–Trinajstić information content (AvgIpc) is 3.16. The Bertz CT molecular complexity index is 343. The summed E-state index contributed by atoms with van der Waals surface area (Å²) in [5.41, 5.74) is 1.37. The van der Waals surface area contributed by atoms with Gasteiger partial charge in [0.05, 0.1) is 6.61 Å². The van der Waals surface area contributed by atoms with Crippen molar-refractivity contribution in [3.05, 3.63) is 29.8 Å². The molecule has 0 radical (unpaired) electrons. The van der Waals surface area contributed by atoms with Crippen molar-refractivity contribution in [1.29, 1.82) is 0 Å². The van der Waals surface area contributed by atoms with Crippen molar-refractivity contribution < 1.29 is 4.74 Å². The first-order valence-electron chi connectivity index (χ1n) is 7.23. The Hall–Kier alpha value is -1.02. The van der Waals surface area contributed by atoms with Crippen molar-refractivity contribution in [2.24, 2.45) is 5.92 Å². The van der Waals surface area contributed by atoms with Gasteiger partial charge in [-0.2, -0.15) is 0 Å². The lowest BCUT2D eigenvalue weighted by molar-refractivity contribution is 0.302. The van der Waals surface area contributed by atoms with E-state index in [1.807, 2.05) is 0 Å². The van der Waals surface area contributed by atoms with Gasteiger partial charge in [0.2, 0.25) is 0 Å². The molecule has 1 aromatic carbocycles. The molecule has 0 saturated heterocycles. The zero-order valence-electron chi connectivity index (χ0n) is 11.6. The fourth-order valence-electron chi connectivity index (χ4n) is 2.25. The summed E-state index contributed by atoms with van der Waals surface area (Å²) in [4.78, 5) is 0. The molecule has 100 valence electrons. The minimum Gasteiger partial charge on any atom is -0.494 e. The molecule has 1 aliphatic carbocycles. The lowest BCUT2D eigenvalue weighted by atomic mass is 10.1. The number of ether oxygens (including phenoxy) is 1. The number of nitrogens with one attached hydrogen (secondary N) is 1. The quantitative estimate of drug-likeness (QED) is 0.760. The first kappa shape index (κ1) is 13.4. The van der Waals surface area contributed by atoms with Crippen LogP contribution < -0.4 is 10.1 Å². The van der Waals surface area contributed by atoms with Crippen LogP contribution in [0.25, 0.3) is 0 Å². The van der Waals surface area contributed by atoms with E-state index < -0.39 is 0 Å². The first-order chi connectivity index (χ1) is 8.78. The van der Waals surface area contributed by atoms with E-state index in [2.05, 4.69) is 43.4 Å². The number of rotatable bonds is 8. The fraction of sp³-hybridized carbons (Fsp3) is 0.625. The molecule has 1 N–H and O–H groups in total. The average molecular weight is 247 g/mol. The number of hydrogen-bond acceptors (Lipinski definition) is 2. The summed E-state index contributed by atoms with van der Waals surface area (Å²) in [5.74, 6) is 1.96. The third kappa shape index (κ3) is 4.69. The molecule has 0 aromatic heterocycles. The van der Waals surface area contributed by atoms with Crippen LogP contribution in [0.2, 0.25) is 0 Å². The van der Waals surface area contributed by atoms with Crippen LogP contribution in [0.1, 0.15) is 38.7 Å². The van der Waals surface area contributed by atoms with Crippen molar-refractivity contribution in [3.8, 4) is 5.75 Å². The largest absolute Gasteiger partial charge is 0.494 e. The molecule has 0 spiro atoms. The molecular weight excluding hydrogens is 222 g/mol. The van der Waals surface area contributed by atoms with E-state index in [0.29, 0.717) is 6.04 Å². The maximum absolute atomic E-state index is 5.75. The van der Waals surface area contributed by atoms with E-state index >= 15 is 0 Å². The maximum Gasteiger partial charge on any atom is 0.119 e. The minimum absolute atomic E-state index is 0.539. The highest BCUT2D eigenvalue weighted by Crippen LogP contribution is 2.32. The summed E-state index contributed by atoms with van der Waals surface area (Å²) < 4.78 is 5.75. The number of benzene rings is 1. The third-order valence-corrected chi connectivity index (χ3v) is 3.51. The highest BCUT2D eigenvalue weighted by molar-refractivity contribution is 5.27. The Morgan fingerprint density at radius 3 is 2.61 bits per heavy atom. The van der Waals surface area contributed by atoms with Crippen LogP contribution in [0.3, 0.4) is 0 Å². The van der Waals surface area contributed by atoms with E-state index in [1.165, 1.54) is 24.8 Å². The van der Waals surface area contributed by atoms with Gasteiger partial charge in [-0.1, -0.05) is 31.9 Å². The van der Waals surface area contributed by atoms with Crippen molar-refractivity contribution >= 4 is 0 Å². The summed E-state index contributed by atoms with van der Waals surface area (Å²) in [6.45, 7) is 6.28. The molecule has 1 atom stereocenters. The van der Waals surface area contributed by atoms with E-state index in [-0.39, 0.29) is 0 Å². The number of likely N-dealkylation sites (N-methyl/N-ethyl adjacent to an activating group) is 1. The van der Waals surface area contributed by atoms with Gasteiger partial charge in [-0.3, -0.25) is 0 Å². The summed E-state index contributed by atoms with van der Waals surface area (Å²) in [6.07, 6.45) is 5.12. The predicted molar refractivity (Wildman–Crippen MR) is 76.1 cm³/mol. The predicted octanol–water partition coefficient (Wildman–Crippen LogP) is 3.41. The van der Waals surface area contributed by atoms with Gasteiger partial charge in [0.1, 0.15) is 5.75 Å². The molecule has 1 aliphatic rings. The van der Waals surface area contributed by atoms with Crippen LogP contribution in [0.5, 0.6) is 5.75 Å². The normalized spacial score (nSPS) is 16.6. The maximum atomic E-state index is 5.75. The molecule has 2 nitrogen and oxygen atoms in total. The van der Waals surface area contributed by atoms with Crippen LogP contribution in [-0.4, -0.2) is 19.2 Å². The number of hydrogen-bond donors (Lipinski definition) is 1. The molecule has 1 aromatic rings. The molecule has 1 unspecified atom stereocenters. The van der Waals surface area contributed by atoms with E-state index in [4.69, 9.17) is 4.74 Å². The van der Waals surface area contributed by atoms with Gasteiger partial charge < -0.3 is 10.1 Å². The molecular formula is C16H25NO. The van der Waals surface area contributed by atoms with Crippen molar-refractivity contribution in [2.45, 2.75) is 45.6 Å². The second-order valence-corrected chi connectivity index (χ2v) is 5.39. The van der Waals surface area contributed by atoms with Gasteiger partial charge >= 0.3 is 0 Å². The van der Waals surface area contributed by atoms with E-state index in [9.17, 15) is 0 Å². The Balaban J connectivity index is 1.73. The topological polar surface area (TPSA) is 21.3 Å². The molecule has 0 aliphatic heterocycles. The Labute approximate surface area is 111 Å². The van der Waals surface area contributed by atoms with Gasteiger partial charge in [0, 0.05) is 6.04 Å². The standard InChI is InChI=1S/C16H25NO/c1-3-17-13(2)12-15-6-8-16(9-7-15)18-11-10-14-4-5-14/h6-9,13-14,17H,3-5,10-12H2,1-2H3. The molecule has 1 saturated carbocycles. The SMILES string of the molecule is CCNC(C)Cc1ccc(OCCC2CC2)cc1. The minimum atomic E-state index is 0.539. The van der Waals surface area contributed by atoms with Crippen molar-refractivity contribution in [1.82, 2.24) is 5.32 Å². The second kappa shape index (κ2) is 6.79. The second-order valence-electron chi connectivity index (χ2n) is 5.39. The van der Waals surface area contributed by atoms with Crippen LogP contribution in [-0.2, 0) is 6.42 Å². The summed E-state index contributed by atoms with van der Waals surface area (Å²) in [7, 11) is 0. The molecule has 0 bridgehead atoms. The van der Waals surface area contributed by atoms with Gasteiger partial charge in [-0.05, 0) is 49.9 Å². The molecule has 2 rings (SSSR count). The Kier molecular flexibility index (Phi) is 5.06. The van der Waals surface area contributed by atoms with Crippen LogP contribution in [0, 0.1) is 5.92 Å². The summed E-state index contributed by atoms with van der Waals surface area (Å²) >= 11 is 0.